The van der Waals surface area contributed by atoms with E-state index < -0.39 is 0 Å². The molecule has 0 fully saturated rings. The van der Waals surface area contributed by atoms with Gasteiger partial charge in [0.05, 0.1) is 6.20 Å². The zero-order chi connectivity index (χ0) is 10.9. The molecule has 0 spiro atoms. The summed E-state index contributed by atoms with van der Waals surface area (Å²) in [5.74, 6) is 2.65. The second-order valence-electron chi connectivity index (χ2n) is 3.54. The van der Waals surface area contributed by atoms with Gasteiger partial charge in [0.25, 0.3) is 0 Å². The van der Waals surface area contributed by atoms with Crippen LogP contribution in [0.2, 0.25) is 0 Å². The molecule has 0 unspecified atom stereocenters. The molecular formula is C12H19N3. The average molecular weight is 205 g/mol. The molecule has 0 aliphatic rings. The molecule has 1 rings (SSSR count). The van der Waals surface area contributed by atoms with Crippen molar-refractivity contribution in [2.75, 3.05) is 6.54 Å². The van der Waals surface area contributed by atoms with Crippen molar-refractivity contribution in [3.8, 4) is 12.3 Å². The number of aromatic nitrogens is 2. The van der Waals surface area contributed by atoms with Crippen LogP contribution in [0.15, 0.2) is 12.4 Å². The summed E-state index contributed by atoms with van der Waals surface area (Å²) in [6, 6.07) is 0. The van der Waals surface area contributed by atoms with Gasteiger partial charge in [0.15, 0.2) is 0 Å². The number of terminal acetylenes is 1. The molecule has 0 radical (unpaired) electrons. The van der Waals surface area contributed by atoms with Crippen molar-refractivity contribution in [1.29, 1.82) is 0 Å². The van der Waals surface area contributed by atoms with Crippen LogP contribution >= 0.6 is 0 Å². The summed E-state index contributed by atoms with van der Waals surface area (Å²) in [5, 5.41) is 7.59. The van der Waals surface area contributed by atoms with Gasteiger partial charge in [-0.25, -0.2) is 0 Å². The summed E-state index contributed by atoms with van der Waals surface area (Å²) in [5.41, 5.74) is 1.24. The Labute approximate surface area is 91.9 Å². The Hall–Kier alpha value is -1.27. The van der Waals surface area contributed by atoms with Crippen LogP contribution in [0.25, 0.3) is 0 Å². The fourth-order valence-electron chi connectivity index (χ4n) is 1.38. The van der Waals surface area contributed by atoms with Gasteiger partial charge < -0.3 is 5.32 Å². The minimum Gasteiger partial charge on any atom is -0.313 e. The van der Waals surface area contributed by atoms with Gasteiger partial charge in [-0.3, -0.25) is 4.68 Å². The molecule has 1 heterocycles. The molecule has 0 bridgehead atoms. The third kappa shape index (κ3) is 4.66. The highest BCUT2D eigenvalue weighted by Gasteiger charge is 1.95. The highest BCUT2D eigenvalue weighted by Crippen LogP contribution is 1.97. The first-order valence-corrected chi connectivity index (χ1v) is 5.52. The van der Waals surface area contributed by atoms with Crippen LogP contribution in [-0.2, 0) is 13.1 Å². The number of nitrogens with one attached hydrogen (secondary N) is 1. The first-order valence-electron chi connectivity index (χ1n) is 5.52. The first-order chi connectivity index (χ1) is 7.36. The Balaban J connectivity index is 2.07. The standard InChI is InChI=1S/C12H19N3/c1-3-5-6-7-8-13-9-12-10-14-15(4-2)11-12/h1,10-11,13H,4-9H2,2H3. The van der Waals surface area contributed by atoms with Crippen molar-refractivity contribution in [1.82, 2.24) is 15.1 Å². The molecule has 82 valence electrons. The van der Waals surface area contributed by atoms with Gasteiger partial charge in [-0.15, -0.1) is 12.3 Å². The van der Waals surface area contributed by atoms with Crippen molar-refractivity contribution in [3.05, 3.63) is 18.0 Å². The van der Waals surface area contributed by atoms with Crippen LogP contribution in [0.5, 0.6) is 0 Å². The van der Waals surface area contributed by atoms with Crippen LogP contribution in [0.4, 0.5) is 0 Å². The summed E-state index contributed by atoms with van der Waals surface area (Å²) < 4.78 is 1.94. The molecule has 0 aromatic carbocycles. The fourth-order valence-corrected chi connectivity index (χ4v) is 1.38. The average Bonchev–Trinajstić information content (AvgIpc) is 2.71. The van der Waals surface area contributed by atoms with Gasteiger partial charge in [0, 0.05) is 31.3 Å². The maximum Gasteiger partial charge on any atom is 0.0534 e. The molecule has 15 heavy (non-hydrogen) atoms. The predicted molar refractivity (Wildman–Crippen MR) is 62.3 cm³/mol. The lowest BCUT2D eigenvalue weighted by atomic mass is 10.2. The second kappa shape index (κ2) is 7.08. The van der Waals surface area contributed by atoms with Gasteiger partial charge in [-0.1, -0.05) is 0 Å². The Morgan fingerprint density at radius 2 is 2.40 bits per heavy atom. The van der Waals surface area contributed by atoms with Gasteiger partial charge in [-0.05, 0) is 26.3 Å². The molecular weight excluding hydrogens is 186 g/mol. The number of hydrogen-bond acceptors (Lipinski definition) is 2. The number of unbranched alkanes of at least 4 members (excludes halogenated alkanes) is 2. The molecule has 3 nitrogen and oxygen atoms in total. The summed E-state index contributed by atoms with van der Waals surface area (Å²) >= 11 is 0. The number of hydrogen-bond donors (Lipinski definition) is 1. The van der Waals surface area contributed by atoms with E-state index >= 15 is 0 Å². The van der Waals surface area contributed by atoms with E-state index in [-0.39, 0.29) is 0 Å². The molecule has 0 saturated carbocycles. The third-order valence-electron chi connectivity index (χ3n) is 2.26. The topological polar surface area (TPSA) is 29.9 Å². The van der Waals surface area contributed by atoms with E-state index in [1.807, 2.05) is 10.9 Å². The molecule has 1 aromatic rings. The molecule has 1 N–H and O–H groups in total. The molecule has 0 atom stereocenters. The van der Waals surface area contributed by atoms with Gasteiger partial charge >= 0.3 is 0 Å². The zero-order valence-corrected chi connectivity index (χ0v) is 9.37. The summed E-state index contributed by atoms with van der Waals surface area (Å²) in [6.07, 6.45) is 12.3. The molecule has 1 aromatic heterocycles. The highest BCUT2D eigenvalue weighted by molar-refractivity contribution is 5.02. The van der Waals surface area contributed by atoms with Crippen LogP contribution in [0.1, 0.15) is 31.7 Å². The third-order valence-corrected chi connectivity index (χ3v) is 2.26. The fraction of sp³-hybridized carbons (Fsp3) is 0.583. The van der Waals surface area contributed by atoms with E-state index in [0.717, 1.165) is 38.9 Å². The number of rotatable bonds is 7. The number of aryl methyl sites for hydroxylation is 1. The zero-order valence-electron chi connectivity index (χ0n) is 9.37. The Kier molecular flexibility index (Phi) is 5.57. The van der Waals surface area contributed by atoms with Crippen LogP contribution in [0.3, 0.4) is 0 Å². The van der Waals surface area contributed by atoms with E-state index in [1.165, 1.54) is 5.56 Å². The SMILES string of the molecule is C#CCCCCNCc1cnn(CC)c1. The molecule has 0 aliphatic carbocycles. The monoisotopic (exact) mass is 205 g/mol. The minimum atomic E-state index is 0.884. The van der Waals surface area contributed by atoms with Gasteiger partial charge in [-0.2, -0.15) is 5.10 Å². The minimum absolute atomic E-state index is 0.884. The van der Waals surface area contributed by atoms with Crippen molar-refractivity contribution >= 4 is 0 Å². The number of nitrogens with zero attached hydrogens (tertiary/aromatic N) is 2. The van der Waals surface area contributed by atoms with Crippen LogP contribution in [-0.4, -0.2) is 16.3 Å². The summed E-state index contributed by atoms with van der Waals surface area (Å²) in [7, 11) is 0. The molecule has 0 amide bonds. The Morgan fingerprint density at radius 3 is 3.07 bits per heavy atom. The van der Waals surface area contributed by atoms with E-state index in [9.17, 15) is 0 Å². The van der Waals surface area contributed by atoms with Crippen molar-refractivity contribution in [2.24, 2.45) is 0 Å². The summed E-state index contributed by atoms with van der Waals surface area (Å²) in [6.45, 7) is 4.95. The van der Waals surface area contributed by atoms with Crippen molar-refractivity contribution in [3.63, 3.8) is 0 Å². The predicted octanol–water partition coefficient (Wildman–Crippen LogP) is 1.80. The van der Waals surface area contributed by atoms with Crippen LogP contribution < -0.4 is 5.32 Å². The maximum atomic E-state index is 5.17. The molecule has 0 aliphatic heterocycles. The first kappa shape index (κ1) is 11.8. The van der Waals surface area contributed by atoms with E-state index in [0.29, 0.717) is 0 Å². The maximum absolute atomic E-state index is 5.17. The smallest absolute Gasteiger partial charge is 0.0534 e. The second-order valence-corrected chi connectivity index (χ2v) is 3.54. The van der Waals surface area contributed by atoms with E-state index in [1.54, 1.807) is 0 Å². The molecule has 0 saturated heterocycles. The normalized spacial score (nSPS) is 10.1. The lowest BCUT2D eigenvalue weighted by Crippen LogP contribution is -2.14. The largest absolute Gasteiger partial charge is 0.313 e. The molecule has 3 heteroatoms. The van der Waals surface area contributed by atoms with Crippen LogP contribution in [0, 0.1) is 12.3 Å². The van der Waals surface area contributed by atoms with Gasteiger partial charge in [0.1, 0.15) is 0 Å². The van der Waals surface area contributed by atoms with Crippen molar-refractivity contribution in [2.45, 2.75) is 39.3 Å². The van der Waals surface area contributed by atoms with E-state index in [2.05, 4.69) is 29.5 Å². The Morgan fingerprint density at radius 1 is 1.53 bits per heavy atom. The van der Waals surface area contributed by atoms with Crippen molar-refractivity contribution < 1.29 is 0 Å². The van der Waals surface area contributed by atoms with Gasteiger partial charge in [0.2, 0.25) is 0 Å². The quantitative estimate of drug-likeness (QED) is 0.543. The lowest BCUT2D eigenvalue weighted by molar-refractivity contribution is 0.627. The lowest BCUT2D eigenvalue weighted by Gasteiger charge is -2.01. The highest BCUT2D eigenvalue weighted by atomic mass is 15.3. The Bertz CT molecular complexity index is 309. The summed E-state index contributed by atoms with van der Waals surface area (Å²) in [4.78, 5) is 0. The van der Waals surface area contributed by atoms with E-state index in [4.69, 9.17) is 6.42 Å².